The number of alkyl halides is 3. The topological polar surface area (TPSA) is 91.9 Å². The van der Waals surface area contributed by atoms with Crippen molar-refractivity contribution in [2.24, 2.45) is 5.92 Å². The van der Waals surface area contributed by atoms with E-state index in [1.807, 2.05) is 28.9 Å². The molecule has 2 aliphatic rings. The maximum atomic E-state index is 13.8. The maximum Gasteiger partial charge on any atom is 0.435 e. The molecule has 0 radical (unpaired) electrons. The molecule has 13 heteroatoms. The number of rotatable bonds is 5. The van der Waals surface area contributed by atoms with Crippen LogP contribution in [-0.4, -0.2) is 90.1 Å². The number of fused-ring (bicyclic) bond motifs is 1. The molecule has 0 spiro atoms. The molecular weight excluding hydrogens is 597 g/mol. The minimum absolute atomic E-state index is 0.0625. The fourth-order valence-corrected chi connectivity index (χ4v) is 6.23. The van der Waals surface area contributed by atoms with E-state index in [1.54, 1.807) is 21.6 Å². The van der Waals surface area contributed by atoms with E-state index >= 15 is 0 Å². The summed E-state index contributed by atoms with van der Waals surface area (Å²) in [6.07, 6.45) is 8.76. The van der Waals surface area contributed by atoms with E-state index in [4.69, 9.17) is 6.42 Å². The molecule has 4 aromatic rings. The molecule has 0 bridgehead atoms. The molecule has 0 saturated carbocycles. The maximum absolute atomic E-state index is 13.8. The van der Waals surface area contributed by atoms with Gasteiger partial charge in [-0.2, -0.15) is 18.3 Å². The zero-order valence-electron chi connectivity index (χ0n) is 25.8. The first kappa shape index (κ1) is 31.1. The third kappa shape index (κ3) is 6.16. The van der Waals surface area contributed by atoms with Crippen molar-refractivity contribution in [2.75, 3.05) is 39.3 Å². The second-order valence-corrected chi connectivity index (χ2v) is 12.1. The molecule has 2 saturated heterocycles. The number of piperazine rings is 1. The summed E-state index contributed by atoms with van der Waals surface area (Å²) >= 11 is 0. The highest BCUT2D eigenvalue weighted by molar-refractivity contribution is 5.96. The predicted octanol–water partition coefficient (Wildman–Crippen LogP) is 4.75. The third-order valence-corrected chi connectivity index (χ3v) is 8.84. The summed E-state index contributed by atoms with van der Waals surface area (Å²) in [6.45, 7) is 7.52. The second-order valence-electron chi connectivity index (χ2n) is 12.1. The van der Waals surface area contributed by atoms with Gasteiger partial charge in [-0.1, -0.05) is 25.0 Å². The zero-order valence-corrected chi connectivity index (χ0v) is 25.8. The number of hydrogen-bond donors (Lipinski definition) is 0. The molecule has 46 heavy (non-hydrogen) atoms. The van der Waals surface area contributed by atoms with E-state index in [1.165, 1.54) is 18.6 Å². The number of aryl methyl sites for hydroxylation is 1. The Labute approximate surface area is 264 Å². The Balaban J connectivity index is 1.15. The number of piperidine rings is 1. The Hall–Kier alpha value is -4.86. The number of carbonyl (C=O) groups excluding carboxylic acids is 2. The van der Waals surface area contributed by atoms with Gasteiger partial charge in [0.25, 0.3) is 5.91 Å². The molecule has 240 valence electrons. The molecule has 0 N–H and O–H groups in total. The van der Waals surface area contributed by atoms with Crippen LogP contribution in [0.5, 0.6) is 0 Å². The first-order chi connectivity index (χ1) is 22.0. The minimum Gasteiger partial charge on any atom is -0.335 e. The van der Waals surface area contributed by atoms with Crippen molar-refractivity contribution in [3.05, 3.63) is 71.1 Å². The second kappa shape index (κ2) is 12.5. The third-order valence-electron chi connectivity index (χ3n) is 8.84. The lowest BCUT2D eigenvalue weighted by molar-refractivity contribution is -0.141. The van der Waals surface area contributed by atoms with Gasteiger partial charge < -0.3 is 14.7 Å². The smallest absolute Gasteiger partial charge is 0.335 e. The average Bonchev–Trinajstić information content (AvgIpc) is 3.66. The summed E-state index contributed by atoms with van der Waals surface area (Å²) in [6, 6.07) is 5.64. The minimum atomic E-state index is -4.68. The van der Waals surface area contributed by atoms with Crippen LogP contribution in [0.2, 0.25) is 0 Å². The highest BCUT2D eigenvalue weighted by Gasteiger charge is 2.38. The zero-order chi connectivity index (χ0) is 32.6. The standard InChI is InChI=1S/C33H35F3N8O2/c1-4-10-43-21-26(29(39-43)33(34,35)36)28-20-38-30-27(37-9-13-44(28)30)19-24-5-6-25(23(3)18-24)31(45)40-14-16-42(17-15-40)32(46)41-11-7-22(2)8-12-41/h1,5-6,9,13,18,20-22H,7-8,10-12,14-17,19H2,2-3H3. The number of benzene rings is 1. The van der Waals surface area contributed by atoms with E-state index in [0.717, 1.165) is 41.7 Å². The number of terminal acetylenes is 1. The number of imidazole rings is 1. The van der Waals surface area contributed by atoms with Crippen molar-refractivity contribution in [3.8, 4) is 23.6 Å². The Bertz CT molecular complexity index is 1810. The predicted molar refractivity (Wildman–Crippen MR) is 165 cm³/mol. The van der Waals surface area contributed by atoms with Crippen molar-refractivity contribution in [3.63, 3.8) is 0 Å². The molecule has 2 fully saturated rings. The molecule has 0 atom stereocenters. The largest absolute Gasteiger partial charge is 0.435 e. The molecule has 5 heterocycles. The molecule has 10 nitrogen and oxygen atoms in total. The number of halogens is 3. The van der Waals surface area contributed by atoms with Crippen LogP contribution in [-0.2, 0) is 19.1 Å². The van der Waals surface area contributed by atoms with Crippen molar-refractivity contribution >= 4 is 17.6 Å². The van der Waals surface area contributed by atoms with E-state index in [2.05, 4.69) is 27.9 Å². The summed E-state index contributed by atoms with van der Waals surface area (Å²) in [5, 5.41) is 3.67. The fourth-order valence-electron chi connectivity index (χ4n) is 6.23. The number of carbonyl (C=O) groups is 2. The summed E-state index contributed by atoms with van der Waals surface area (Å²) in [5.41, 5.74) is 2.31. The van der Waals surface area contributed by atoms with Gasteiger partial charge in [0.1, 0.15) is 6.54 Å². The highest BCUT2D eigenvalue weighted by Crippen LogP contribution is 2.36. The molecule has 3 amide bonds. The van der Waals surface area contributed by atoms with E-state index in [-0.39, 0.29) is 29.7 Å². The SMILES string of the molecule is C#CCn1cc(-c2cnc3c(Cc4ccc(C(=O)N5CCN(C(=O)N6CCC(C)CC6)CC5)c(C)c4)nccn23)c(C(F)(F)F)n1. The summed E-state index contributed by atoms with van der Waals surface area (Å²) in [7, 11) is 0. The Kier molecular flexibility index (Phi) is 8.46. The number of hydrogen-bond acceptors (Lipinski definition) is 5. The molecule has 6 rings (SSSR count). The molecular formula is C33H35F3N8O2. The molecule has 2 aliphatic heterocycles. The van der Waals surface area contributed by atoms with Crippen LogP contribution in [0.3, 0.4) is 0 Å². The van der Waals surface area contributed by atoms with Crippen LogP contribution in [0.1, 0.15) is 52.6 Å². The Morgan fingerprint density at radius 1 is 1.02 bits per heavy atom. The van der Waals surface area contributed by atoms with Gasteiger partial charge in [-0.25, -0.2) is 9.78 Å². The van der Waals surface area contributed by atoms with E-state index < -0.39 is 11.9 Å². The number of aromatic nitrogens is 5. The highest BCUT2D eigenvalue weighted by atomic mass is 19.4. The van der Waals surface area contributed by atoms with E-state index in [0.29, 0.717) is 55.4 Å². The van der Waals surface area contributed by atoms with Gasteiger partial charge in [-0.15, -0.1) is 6.42 Å². The number of likely N-dealkylation sites (tertiary alicyclic amines) is 1. The number of amides is 3. The first-order valence-corrected chi connectivity index (χ1v) is 15.4. The first-order valence-electron chi connectivity index (χ1n) is 15.4. The van der Waals surface area contributed by atoms with Crippen LogP contribution < -0.4 is 0 Å². The lowest BCUT2D eigenvalue weighted by Crippen LogP contribution is -2.55. The Morgan fingerprint density at radius 2 is 1.72 bits per heavy atom. The van der Waals surface area contributed by atoms with Gasteiger partial charge in [-0.3, -0.25) is 18.9 Å². The fraction of sp³-hybridized carbons (Fsp3) is 0.424. The summed E-state index contributed by atoms with van der Waals surface area (Å²) in [4.78, 5) is 40.9. The van der Waals surface area contributed by atoms with Crippen LogP contribution in [0, 0.1) is 25.2 Å². The normalized spacial score (nSPS) is 16.2. The quantitative estimate of drug-likeness (QED) is 0.296. The lowest BCUT2D eigenvalue weighted by atomic mass is 9.99. The molecule has 3 aromatic heterocycles. The van der Waals surface area contributed by atoms with Gasteiger partial charge >= 0.3 is 12.2 Å². The van der Waals surface area contributed by atoms with Gasteiger partial charge in [0.2, 0.25) is 0 Å². The van der Waals surface area contributed by atoms with Gasteiger partial charge in [0.15, 0.2) is 11.3 Å². The number of nitrogens with zero attached hydrogens (tertiary/aromatic N) is 8. The molecule has 1 aromatic carbocycles. The number of urea groups is 1. The monoisotopic (exact) mass is 632 g/mol. The van der Waals surface area contributed by atoms with Crippen LogP contribution in [0.4, 0.5) is 18.0 Å². The summed E-state index contributed by atoms with van der Waals surface area (Å²) < 4.78 is 44.1. The van der Waals surface area contributed by atoms with Crippen molar-refractivity contribution < 1.29 is 22.8 Å². The van der Waals surface area contributed by atoms with Crippen molar-refractivity contribution in [1.82, 2.24) is 38.8 Å². The van der Waals surface area contributed by atoms with Crippen molar-refractivity contribution in [2.45, 2.75) is 45.8 Å². The lowest BCUT2D eigenvalue weighted by Gasteiger charge is -2.39. The van der Waals surface area contributed by atoms with Crippen LogP contribution >= 0.6 is 0 Å². The molecule has 0 unspecified atom stereocenters. The average molecular weight is 633 g/mol. The summed E-state index contributed by atoms with van der Waals surface area (Å²) in [5.74, 6) is 2.88. The Morgan fingerprint density at radius 3 is 2.39 bits per heavy atom. The molecule has 0 aliphatic carbocycles. The van der Waals surface area contributed by atoms with Gasteiger partial charge in [0.05, 0.1) is 23.1 Å². The van der Waals surface area contributed by atoms with Crippen LogP contribution in [0.15, 0.2) is 43.0 Å². The van der Waals surface area contributed by atoms with Gasteiger partial charge in [-0.05, 0) is 42.9 Å². The van der Waals surface area contributed by atoms with Crippen molar-refractivity contribution in [1.29, 1.82) is 0 Å². The van der Waals surface area contributed by atoms with E-state index in [9.17, 15) is 22.8 Å². The van der Waals surface area contributed by atoms with Gasteiger partial charge in [0, 0.05) is 69.8 Å². The van der Waals surface area contributed by atoms with Crippen LogP contribution in [0.25, 0.3) is 16.9 Å².